The van der Waals surface area contributed by atoms with Crippen molar-refractivity contribution in [1.82, 2.24) is 9.97 Å². The van der Waals surface area contributed by atoms with E-state index in [2.05, 4.69) is 15.3 Å². The summed E-state index contributed by atoms with van der Waals surface area (Å²) in [5, 5.41) is 11.6. The summed E-state index contributed by atoms with van der Waals surface area (Å²) < 4.78 is 9.91. The lowest BCUT2D eigenvalue weighted by atomic mass is 9.68. The Morgan fingerprint density at radius 3 is 2.15 bits per heavy atom. The van der Waals surface area contributed by atoms with E-state index in [1.807, 2.05) is 0 Å². The van der Waals surface area contributed by atoms with Gasteiger partial charge in [-0.05, 0) is 12.8 Å². The van der Waals surface area contributed by atoms with Crippen molar-refractivity contribution in [2.45, 2.75) is 19.3 Å². The molecule has 1 heterocycles. The average Bonchev–Trinajstić information content (AvgIpc) is 2.36. The van der Waals surface area contributed by atoms with E-state index in [0.717, 1.165) is 0 Å². The van der Waals surface area contributed by atoms with Crippen molar-refractivity contribution in [2.24, 2.45) is 5.41 Å². The van der Waals surface area contributed by atoms with Crippen molar-refractivity contribution in [3.63, 3.8) is 0 Å². The van der Waals surface area contributed by atoms with E-state index in [0.29, 0.717) is 19.3 Å². The molecule has 0 radical (unpaired) electrons. The maximum Gasteiger partial charge on any atom is 0.319 e. The second-order valence-corrected chi connectivity index (χ2v) is 4.47. The van der Waals surface area contributed by atoms with E-state index in [4.69, 9.17) is 9.47 Å². The summed E-state index contributed by atoms with van der Waals surface area (Å²) in [7, 11) is 2.83. The molecule has 108 valence electrons. The number of carbonyl (C=O) groups is 2. The Hall–Kier alpha value is -2.38. The van der Waals surface area contributed by atoms with Gasteiger partial charge in [-0.1, -0.05) is 6.42 Å². The second kappa shape index (κ2) is 5.32. The van der Waals surface area contributed by atoms with Crippen LogP contribution in [0.2, 0.25) is 0 Å². The SMILES string of the molecule is COc1cc(OC)nc(NC(=O)C2(C(=O)O)CCC2)n1. The summed E-state index contributed by atoms with van der Waals surface area (Å²) >= 11 is 0. The number of carboxylic acids is 1. The zero-order chi connectivity index (χ0) is 14.8. The van der Waals surface area contributed by atoms with Crippen LogP contribution in [0.3, 0.4) is 0 Å². The van der Waals surface area contributed by atoms with Crippen molar-refractivity contribution < 1.29 is 24.2 Å². The topological polar surface area (TPSA) is 111 Å². The highest BCUT2D eigenvalue weighted by Crippen LogP contribution is 2.42. The number of hydrogen-bond donors (Lipinski definition) is 2. The third-order valence-electron chi connectivity index (χ3n) is 3.37. The fraction of sp³-hybridized carbons (Fsp3) is 0.500. The standard InChI is InChI=1S/C12H15N3O5/c1-19-7-6-8(20-2)14-11(13-7)15-9(16)12(10(17)18)4-3-5-12/h6H,3-5H2,1-2H3,(H,17,18)(H,13,14,15,16). The van der Waals surface area contributed by atoms with Crippen LogP contribution in [0.15, 0.2) is 6.07 Å². The monoisotopic (exact) mass is 281 g/mol. The van der Waals surface area contributed by atoms with Gasteiger partial charge in [0.2, 0.25) is 23.6 Å². The minimum atomic E-state index is -1.38. The first kappa shape index (κ1) is 14.0. The molecule has 1 saturated carbocycles. The van der Waals surface area contributed by atoms with Gasteiger partial charge in [-0.15, -0.1) is 0 Å². The van der Waals surface area contributed by atoms with Gasteiger partial charge >= 0.3 is 5.97 Å². The van der Waals surface area contributed by atoms with Crippen LogP contribution in [0.1, 0.15) is 19.3 Å². The minimum Gasteiger partial charge on any atom is -0.481 e. The molecule has 1 aliphatic rings. The maximum absolute atomic E-state index is 12.1. The van der Waals surface area contributed by atoms with E-state index in [1.165, 1.54) is 20.3 Å². The van der Waals surface area contributed by atoms with E-state index < -0.39 is 17.3 Å². The highest BCUT2D eigenvalue weighted by molar-refractivity contribution is 6.08. The normalized spacial score (nSPS) is 15.9. The van der Waals surface area contributed by atoms with Gasteiger partial charge in [-0.2, -0.15) is 9.97 Å². The Morgan fingerprint density at radius 1 is 1.25 bits per heavy atom. The maximum atomic E-state index is 12.1. The molecule has 1 aromatic rings. The molecule has 0 saturated heterocycles. The van der Waals surface area contributed by atoms with Crippen molar-refractivity contribution in [2.75, 3.05) is 19.5 Å². The van der Waals surface area contributed by atoms with Crippen molar-refractivity contribution >= 4 is 17.8 Å². The lowest BCUT2D eigenvalue weighted by Crippen LogP contribution is -2.48. The van der Waals surface area contributed by atoms with E-state index >= 15 is 0 Å². The highest BCUT2D eigenvalue weighted by atomic mass is 16.5. The number of amides is 1. The predicted molar refractivity (Wildman–Crippen MR) is 67.7 cm³/mol. The minimum absolute atomic E-state index is 0.0428. The summed E-state index contributed by atoms with van der Waals surface area (Å²) in [5.74, 6) is -1.36. The molecular weight excluding hydrogens is 266 g/mol. The van der Waals surface area contributed by atoms with Crippen LogP contribution in [0.4, 0.5) is 5.95 Å². The third-order valence-corrected chi connectivity index (χ3v) is 3.37. The molecule has 0 spiro atoms. The van der Waals surface area contributed by atoms with Crippen LogP contribution in [0, 0.1) is 5.41 Å². The number of carbonyl (C=O) groups excluding carboxylic acids is 1. The number of aliphatic carboxylic acids is 1. The number of rotatable bonds is 5. The first-order chi connectivity index (χ1) is 9.51. The largest absolute Gasteiger partial charge is 0.481 e. The quantitative estimate of drug-likeness (QED) is 0.764. The smallest absolute Gasteiger partial charge is 0.319 e. The lowest BCUT2D eigenvalue weighted by molar-refractivity contribution is -0.159. The van der Waals surface area contributed by atoms with E-state index in [9.17, 15) is 14.7 Å². The third kappa shape index (κ3) is 2.36. The molecule has 1 aromatic heterocycles. The zero-order valence-corrected chi connectivity index (χ0v) is 11.2. The number of anilines is 1. The molecule has 0 bridgehead atoms. The van der Waals surface area contributed by atoms with Gasteiger partial charge in [0.05, 0.1) is 20.3 Å². The first-order valence-electron chi connectivity index (χ1n) is 6.04. The molecular formula is C12H15N3O5. The summed E-state index contributed by atoms with van der Waals surface area (Å²) in [6.45, 7) is 0. The van der Waals surface area contributed by atoms with Crippen LogP contribution in [0.25, 0.3) is 0 Å². The van der Waals surface area contributed by atoms with Crippen LogP contribution in [-0.2, 0) is 9.59 Å². The molecule has 1 aliphatic carbocycles. The summed E-state index contributed by atoms with van der Waals surface area (Å²) in [6, 6.07) is 1.45. The Balaban J connectivity index is 2.21. The van der Waals surface area contributed by atoms with Crippen molar-refractivity contribution in [3.8, 4) is 11.8 Å². The number of aromatic nitrogens is 2. The Bertz CT molecular complexity index is 520. The van der Waals surface area contributed by atoms with E-state index in [1.54, 1.807) is 0 Å². The summed E-state index contributed by atoms with van der Waals surface area (Å²) in [6.07, 6.45) is 1.34. The number of ether oxygens (including phenoxy) is 2. The number of nitrogens with one attached hydrogen (secondary N) is 1. The Labute approximate surface area is 115 Å². The number of nitrogens with zero attached hydrogens (tertiary/aromatic N) is 2. The molecule has 0 unspecified atom stereocenters. The Morgan fingerprint density at radius 2 is 1.80 bits per heavy atom. The van der Waals surface area contributed by atoms with Crippen LogP contribution in [0.5, 0.6) is 11.8 Å². The van der Waals surface area contributed by atoms with Gasteiger partial charge in [0.1, 0.15) is 5.41 Å². The van der Waals surface area contributed by atoms with Crippen molar-refractivity contribution in [3.05, 3.63) is 6.07 Å². The van der Waals surface area contributed by atoms with Crippen molar-refractivity contribution in [1.29, 1.82) is 0 Å². The van der Waals surface area contributed by atoms with Gasteiger partial charge in [-0.3, -0.25) is 14.9 Å². The zero-order valence-electron chi connectivity index (χ0n) is 11.2. The second-order valence-electron chi connectivity index (χ2n) is 4.47. The number of methoxy groups -OCH3 is 2. The van der Waals surface area contributed by atoms with Crippen LogP contribution < -0.4 is 14.8 Å². The number of carboxylic acid groups (broad SMARTS) is 1. The van der Waals surface area contributed by atoms with Gasteiger partial charge in [0.15, 0.2) is 0 Å². The fourth-order valence-corrected chi connectivity index (χ4v) is 1.96. The predicted octanol–water partition coefficient (Wildman–Crippen LogP) is 0.687. The molecule has 2 N–H and O–H groups in total. The van der Waals surface area contributed by atoms with Gasteiger partial charge < -0.3 is 14.6 Å². The fourth-order valence-electron chi connectivity index (χ4n) is 1.96. The molecule has 1 fully saturated rings. The molecule has 2 rings (SSSR count). The molecule has 0 aromatic carbocycles. The van der Waals surface area contributed by atoms with Gasteiger partial charge in [-0.25, -0.2) is 0 Å². The van der Waals surface area contributed by atoms with Gasteiger partial charge in [0.25, 0.3) is 0 Å². The molecule has 0 atom stereocenters. The summed E-state index contributed by atoms with van der Waals surface area (Å²) in [4.78, 5) is 31.2. The molecule has 20 heavy (non-hydrogen) atoms. The summed E-state index contributed by atoms with van der Waals surface area (Å²) in [5.41, 5.74) is -1.38. The molecule has 0 aliphatic heterocycles. The first-order valence-corrected chi connectivity index (χ1v) is 6.04. The molecule has 1 amide bonds. The molecule has 8 nitrogen and oxygen atoms in total. The van der Waals surface area contributed by atoms with Gasteiger partial charge in [0, 0.05) is 0 Å². The number of hydrogen-bond acceptors (Lipinski definition) is 6. The highest BCUT2D eigenvalue weighted by Gasteiger charge is 2.51. The van der Waals surface area contributed by atoms with Crippen LogP contribution >= 0.6 is 0 Å². The lowest BCUT2D eigenvalue weighted by Gasteiger charge is -2.35. The average molecular weight is 281 g/mol. The molecule has 8 heteroatoms. The Kier molecular flexibility index (Phi) is 3.73. The van der Waals surface area contributed by atoms with Crippen LogP contribution in [-0.4, -0.2) is 41.2 Å². The van der Waals surface area contributed by atoms with E-state index in [-0.39, 0.29) is 17.7 Å².